The molecule has 2 rings (SSSR count). The Labute approximate surface area is 114 Å². The van der Waals surface area contributed by atoms with Gasteiger partial charge in [0, 0.05) is 24.3 Å². The van der Waals surface area contributed by atoms with Crippen molar-refractivity contribution in [1.82, 2.24) is 0 Å². The summed E-state index contributed by atoms with van der Waals surface area (Å²) in [5.74, 6) is 0. The molecule has 0 radical (unpaired) electrons. The summed E-state index contributed by atoms with van der Waals surface area (Å²) in [4.78, 5) is 2.21. The summed E-state index contributed by atoms with van der Waals surface area (Å²) in [6, 6.07) is 7.61. The van der Waals surface area contributed by atoms with Crippen LogP contribution in [0, 0.1) is 11.3 Å². The van der Waals surface area contributed by atoms with E-state index in [-0.39, 0.29) is 6.10 Å². The molecule has 19 heavy (non-hydrogen) atoms. The van der Waals surface area contributed by atoms with E-state index in [2.05, 4.69) is 17.9 Å². The number of rotatable bonds is 3. The van der Waals surface area contributed by atoms with E-state index in [0.717, 1.165) is 30.8 Å². The van der Waals surface area contributed by atoms with Crippen LogP contribution in [0.5, 0.6) is 0 Å². The van der Waals surface area contributed by atoms with Crippen molar-refractivity contribution in [3.05, 3.63) is 29.3 Å². The molecule has 4 heteroatoms. The van der Waals surface area contributed by atoms with Crippen molar-refractivity contribution < 1.29 is 9.84 Å². The lowest BCUT2D eigenvalue weighted by Crippen LogP contribution is -2.42. The van der Waals surface area contributed by atoms with Gasteiger partial charge in [0.25, 0.3) is 0 Å². The highest BCUT2D eigenvalue weighted by molar-refractivity contribution is 5.58. The molecule has 1 aromatic rings. The van der Waals surface area contributed by atoms with Gasteiger partial charge >= 0.3 is 0 Å². The fraction of sp³-hybridized carbons (Fsp3) is 0.533. The number of nitrogens with zero attached hydrogens (tertiary/aromatic N) is 2. The molecule has 0 amide bonds. The van der Waals surface area contributed by atoms with E-state index in [1.807, 2.05) is 12.1 Å². The van der Waals surface area contributed by atoms with E-state index in [9.17, 15) is 5.11 Å². The Morgan fingerprint density at radius 3 is 3.00 bits per heavy atom. The van der Waals surface area contributed by atoms with Gasteiger partial charge in [-0.15, -0.1) is 0 Å². The number of aliphatic hydroxyl groups excluding tert-OH is 1. The van der Waals surface area contributed by atoms with E-state index in [1.165, 1.54) is 0 Å². The highest BCUT2D eigenvalue weighted by Crippen LogP contribution is 2.29. The average Bonchev–Trinajstić information content (AvgIpc) is 2.46. The second-order valence-corrected chi connectivity index (χ2v) is 4.91. The predicted molar refractivity (Wildman–Crippen MR) is 74.0 cm³/mol. The second-order valence-electron chi connectivity index (χ2n) is 4.91. The highest BCUT2D eigenvalue weighted by Gasteiger charge is 2.22. The molecule has 1 N–H and O–H groups in total. The van der Waals surface area contributed by atoms with Gasteiger partial charge in [-0.1, -0.05) is 13.0 Å². The molecule has 102 valence electrons. The zero-order valence-electron chi connectivity index (χ0n) is 11.5. The normalized spacial score (nSPS) is 20.9. The van der Waals surface area contributed by atoms with Crippen LogP contribution < -0.4 is 4.90 Å². The van der Waals surface area contributed by atoms with Gasteiger partial charge in [-0.2, -0.15) is 5.26 Å². The summed E-state index contributed by atoms with van der Waals surface area (Å²) in [5, 5.41) is 18.9. The van der Waals surface area contributed by atoms with E-state index >= 15 is 0 Å². The lowest BCUT2D eigenvalue weighted by atomic mass is 10.0. The molecule has 0 saturated carbocycles. The molecule has 0 aliphatic carbocycles. The molecule has 0 spiro atoms. The Morgan fingerprint density at radius 1 is 1.58 bits per heavy atom. The zero-order valence-corrected chi connectivity index (χ0v) is 11.5. The van der Waals surface area contributed by atoms with Crippen molar-refractivity contribution in [3.63, 3.8) is 0 Å². The molecule has 1 saturated heterocycles. The molecule has 4 nitrogen and oxygen atoms in total. The van der Waals surface area contributed by atoms with Gasteiger partial charge in [0.15, 0.2) is 0 Å². The fourth-order valence-electron chi connectivity index (χ4n) is 2.43. The Bertz CT molecular complexity index is 480. The molecule has 1 aliphatic heterocycles. The summed E-state index contributed by atoms with van der Waals surface area (Å²) in [6.45, 7) is 6.16. The van der Waals surface area contributed by atoms with Crippen molar-refractivity contribution in [2.75, 3.05) is 24.6 Å². The summed E-state index contributed by atoms with van der Waals surface area (Å²) in [6.07, 6.45) is 0.658. The first kappa shape index (κ1) is 13.9. The van der Waals surface area contributed by atoms with Gasteiger partial charge in [0.2, 0.25) is 0 Å². The first-order valence-corrected chi connectivity index (χ1v) is 6.74. The molecule has 0 bridgehead atoms. The van der Waals surface area contributed by atoms with Crippen LogP contribution in [0.15, 0.2) is 18.2 Å². The van der Waals surface area contributed by atoms with Gasteiger partial charge in [-0.25, -0.2) is 0 Å². The quantitative estimate of drug-likeness (QED) is 0.905. The minimum atomic E-state index is -0.536. The predicted octanol–water partition coefficient (Wildman–Crippen LogP) is 2.23. The number of hydrogen-bond donors (Lipinski definition) is 1. The Kier molecular flexibility index (Phi) is 4.41. The Hall–Kier alpha value is -1.57. The smallest absolute Gasteiger partial charge is 0.0992 e. The van der Waals surface area contributed by atoms with Crippen molar-refractivity contribution in [2.45, 2.75) is 32.5 Å². The SMILES string of the molecule is CCC1CN(c2cc(C#N)ccc2C(C)O)CCO1. The van der Waals surface area contributed by atoms with Crippen LogP contribution in [-0.2, 0) is 4.74 Å². The first-order chi connectivity index (χ1) is 9.15. The minimum Gasteiger partial charge on any atom is -0.389 e. The van der Waals surface area contributed by atoms with E-state index in [4.69, 9.17) is 10.00 Å². The first-order valence-electron chi connectivity index (χ1n) is 6.74. The maximum absolute atomic E-state index is 9.88. The number of nitriles is 1. The third-order valence-corrected chi connectivity index (χ3v) is 3.54. The topological polar surface area (TPSA) is 56.5 Å². The van der Waals surface area contributed by atoms with Crippen molar-refractivity contribution >= 4 is 5.69 Å². The molecule has 0 aromatic heterocycles. The van der Waals surface area contributed by atoms with Crippen LogP contribution in [0.3, 0.4) is 0 Å². The third kappa shape index (κ3) is 3.06. The molecule has 1 aliphatic rings. The molecule has 2 atom stereocenters. The monoisotopic (exact) mass is 260 g/mol. The zero-order chi connectivity index (χ0) is 13.8. The van der Waals surface area contributed by atoms with Gasteiger partial charge in [-0.05, 0) is 25.5 Å². The third-order valence-electron chi connectivity index (χ3n) is 3.54. The van der Waals surface area contributed by atoms with Crippen LogP contribution in [0.4, 0.5) is 5.69 Å². The maximum atomic E-state index is 9.88. The number of anilines is 1. The minimum absolute atomic E-state index is 0.223. The van der Waals surface area contributed by atoms with Gasteiger partial charge in [-0.3, -0.25) is 0 Å². The summed E-state index contributed by atoms with van der Waals surface area (Å²) in [5.41, 5.74) is 2.45. The van der Waals surface area contributed by atoms with E-state index < -0.39 is 6.10 Å². The maximum Gasteiger partial charge on any atom is 0.0992 e. The van der Waals surface area contributed by atoms with Crippen molar-refractivity contribution in [2.24, 2.45) is 0 Å². The van der Waals surface area contributed by atoms with Crippen LogP contribution in [0.25, 0.3) is 0 Å². The van der Waals surface area contributed by atoms with Crippen molar-refractivity contribution in [1.29, 1.82) is 5.26 Å². The number of ether oxygens (including phenoxy) is 1. The van der Waals surface area contributed by atoms with E-state index in [0.29, 0.717) is 12.2 Å². The molecule has 1 heterocycles. The second kappa shape index (κ2) is 6.05. The Morgan fingerprint density at radius 2 is 2.37 bits per heavy atom. The van der Waals surface area contributed by atoms with Gasteiger partial charge < -0.3 is 14.7 Å². The Balaban J connectivity index is 2.33. The van der Waals surface area contributed by atoms with Crippen molar-refractivity contribution in [3.8, 4) is 6.07 Å². The summed E-state index contributed by atoms with van der Waals surface area (Å²) >= 11 is 0. The van der Waals surface area contributed by atoms with Crippen LogP contribution in [0.2, 0.25) is 0 Å². The summed E-state index contributed by atoms with van der Waals surface area (Å²) < 4.78 is 5.67. The van der Waals surface area contributed by atoms with Gasteiger partial charge in [0.1, 0.15) is 0 Å². The largest absolute Gasteiger partial charge is 0.389 e. The fourth-order valence-corrected chi connectivity index (χ4v) is 2.43. The van der Waals surface area contributed by atoms with Gasteiger partial charge in [0.05, 0.1) is 30.4 Å². The lowest BCUT2D eigenvalue weighted by molar-refractivity contribution is 0.0382. The van der Waals surface area contributed by atoms with Crippen LogP contribution in [0.1, 0.15) is 37.5 Å². The highest BCUT2D eigenvalue weighted by atomic mass is 16.5. The number of hydrogen-bond acceptors (Lipinski definition) is 4. The standard InChI is InChI=1S/C15H20N2O2/c1-3-13-10-17(6-7-19-13)15-8-12(9-16)4-5-14(15)11(2)18/h4-5,8,11,13,18H,3,6-7,10H2,1-2H3. The molecule has 1 fully saturated rings. The number of aliphatic hydroxyl groups is 1. The lowest BCUT2D eigenvalue weighted by Gasteiger charge is -2.35. The summed E-state index contributed by atoms with van der Waals surface area (Å²) in [7, 11) is 0. The average molecular weight is 260 g/mol. The van der Waals surface area contributed by atoms with E-state index in [1.54, 1.807) is 13.0 Å². The molecule has 2 unspecified atom stereocenters. The molecule has 1 aromatic carbocycles. The van der Waals surface area contributed by atoms with Crippen LogP contribution >= 0.6 is 0 Å². The number of benzene rings is 1. The molecular weight excluding hydrogens is 240 g/mol. The van der Waals surface area contributed by atoms with Crippen LogP contribution in [-0.4, -0.2) is 30.9 Å². The number of morpholine rings is 1. The molecular formula is C15H20N2O2.